The Balaban J connectivity index is 1.64. The van der Waals surface area contributed by atoms with Gasteiger partial charge in [-0.15, -0.1) is 0 Å². The lowest BCUT2D eigenvalue weighted by Gasteiger charge is -2.31. The van der Waals surface area contributed by atoms with E-state index in [-0.39, 0.29) is 5.91 Å². The van der Waals surface area contributed by atoms with Crippen molar-refractivity contribution in [1.82, 2.24) is 15.1 Å². The Hall–Kier alpha value is -2.14. The molecule has 0 saturated carbocycles. The maximum atomic E-state index is 12.7. The first-order valence-electron chi connectivity index (χ1n) is 7.35. The van der Waals surface area contributed by atoms with E-state index in [1.54, 1.807) is 4.90 Å². The fraction of sp³-hybridized carbons (Fsp3) is 0.375. The number of aromatic amines is 1. The summed E-state index contributed by atoms with van der Waals surface area (Å²) in [5, 5.41) is 17.4. The number of benzene rings is 1. The summed E-state index contributed by atoms with van der Waals surface area (Å²) < 4.78 is 0. The van der Waals surface area contributed by atoms with E-state index < -0.39 is 6.10 Å². The summed E-state index contributed by atoms with van der Waals surface area (Å²) in [5.41, 5.74) is 4.63. The molecule has 0 radical (unpaired) electrons. The van der Waals surface area contributed by atoms with Crippen molar-refractivity contribution < 1.29 is 9.90 Å². The Morgan fingerprint density at radius 3 is 3.10 bits per heavy atom. The number of aliphatic hydroxyl groups is 1. The summed E-state index contributed by atoms with van der Waals surface area (Å²) in [6.45, 7) is 0.866. The summed E-state index contributed by atoms with van der Waals surface area (Å²) in [6, 6.07) is 7.74. The molecule has 2 aliphatic rings. The Kier molecular flexibility index (Phi) is 2.82. The van der Waals surface area contributed by atoms with Gasteiger partial charge in [-0.1, -0.05) is 24.3 Å². The summed E-state index contributed by atoms with van der Waals surface area (Å²) in [5.74, 6) is -0.0806. The van der Waals surface area contributed by atoms with Gasteiger partial charge in [-0.05, 0) is 30.4 Å². The first-order chi connectivity index (χ1) is 10.2. The van der Waals surface area contributed by atoms with Crippen molar-refractivity contribution in [2.45, 2.75) is 31.9 Å². The van der Waals surface area contributed by atoms with Crippen LogP contribution in [0.1, 0.15) is 45.4 Å². The van der Waals surface area contributed by atoms with Crippen LogP contribution < -0.4 is 0 Å². The fourth-order valence-corrected chi connectivity index (χ4v) is 3.38. The molecule has 0 spiro atoms. The highest BCUT2D eigenvalue weighted by atomic mass is 16.3. The minimum Gasteiger partial charge on any atom is -0.387 e. The molecule has 5 heteroatoms. The van der Waals surface area contributed by atoms with Crippen LogP contribution in [0.2, 0.25) is 0 Å². The van der Waals surface area contributed by atoms with Crippen molar-refractivity contribution in [1.29, 1.82) is 0 Å². The molecule has 1 aliphatic heterocycles. The maximum Gasteiger partial charge on any atom is 0.275 e. The van der Waals surface area contributed by atoms with E-state index in [9.17, 15) is 9.90 Å². The van der Waals surface area contributed by atoms with Crippen LogP contribution in [0.5, 0.6) is 0 Å². The van der Waals surface area contributed by atoms with Gasteiger partial charge in [0.15, 0.2) is 5.69 Å². The van der Waals surface area contributed by atoms with Crippen molar-refractivity contribution in [2.75, 3.05) is 6.54 Å². The van der Waals surface area contributed by atoms with E-state index in [4.69, 9.17) is 0 Å². The lowest BCUT2D eigenvalue weighted by molar-refractivity contribution is 0.0543. The Bertz CT molecular complexity index is 707. The molecular weight excluding hydrogens is 266 g/mol. The number of aromatic nitrogens is 2. The molecule has 21 heavy (non-hydrogen) atoms. The third-order valence-electron chi connectivity index (χ3n) is 4.46. The molecule has 0 fully saturated rings. The maximum absolute atomic E-state index is 12.7. The molecule has 5 nitrogen and oxygen atoms in total. The highest BCUT2D eigenvalue weighted by Crippen LogP contribution is 2.29. The number of rotatable bonds is 1. The Morgan fingerprint density at radius 1 is 1.33 bits per heavy atom. The standard InChI is InChI=1S/C16H17N3O2/c20-14-9-19(8-10-4-1-2-5-11(10)14)16(21)15-12-6-3-7-13(12)17-18-15/h1-2,4-5,14,20H,3,6-9H2,(H,17,18)/t14-/m0/s1. The number of hydrogen-bond acceptors (Lipinski definition) is 3. The number of carbonyl (C=O) groups excluding carboxylic acids is 1. The second-order valence-electron chi connectivity index (χ2n) is 5.78. The van der Waals surface area contributed by atoms with E-state index in [1.165, 1.54) is 0 Å². The van der Waals surface area contributed by atoms with Crippen LogP contribution in [0.25, 0.3) is 0 Å². The number of carbonyl (C=O) groups is 1. The van der Waals surface area contributed by atoms with Gasteiger partial charge in [0.05, 0.1) is 12.6 Å². The van der Waals surface area contributed by atoms with Gasteiger partial charge >= 0.3 is 0 Å². The third-order valence-corrected chi connectivity index (χ3v) is 4.46. The molecule has 2 heterocycles. The van der Waals surface area contributed by atoms with Crippen LogP contribution in [-0.4, -0.2) is 32.7 Å². The van der Waals surface area contributed by atoms with Crippen molar-refractivity contribution in [3.63, 3.8) is 0 Å². The molecular formula is C16H17N3O2. The average Bonchev–Trinajstić information content (AvgIpc) is 3.09. The number of fused-ring (bicyclic) bond motifs is 2. The van der Waals surface area contributed by atoms with E-state index in [0.29, 0.717) is 18.8 Å². The second kappa shape index (κ2) is 4.70. The van der Waals surface area contributed by atoms with E-state index in [1.807, 2.05) is 24.3 Å². The van der Waals surface area contributed by atoms with Crippen LogP contribution in [-0.2, 0) is 19.4 Å². The smallest absolute Gasteiger partial charge is 0.275 e. The van der Waals surface area contributed by atoms with Crippen LogP contribution in [0.15, 0.2) is 24.3 Å². The van der Waals surface area contributed by atoms with Crippen molar-refractivity contribution in [3.05, 3.63) is 52.3 Å². The summed E-state index contributed by atoms with van der Waals surface area (Å²) in [7, 11) is 0. The molecule has 2 N–H and O–H groups in total. The number of aryl methyl sites for hydroxylation is 1. The predicted octanol–water partition coefficient (Wildman–Crippen LogP) is 1.59. The lowest BCUT2D eigenvalue weighted by atomic mass is 9.97. The molecule has 1 aromatic heterocycles. The van der Waals surface area contributed by atoms with Gasteiger partial charge in [-0.3, -0.25) is 9.89 Å². The molecule has 0 unspecified atom stereocenters. The van der Waals surface area contributed by atoms with Gasteiger partial charge in [0, 0.05) is 17.8 Å². The van der Waals surface area contributed by atoms with Gasteiger partial charge in [-0.25, -0.2) is 0 Å². The zero-order chi connectivity index (χ0) is 14.4. The monoisotopic (exact) mass is 283 g/mol. The third kappa shape index (κ3) is 1.96. The Morgan fingerprint density at radius 2 is 2.19 bits per heavy atom. The van der Waals surface area contributed by atoms with Gasteiger partial charge in [-0.2, -0.15) is 5.10 Å². The molecule has 4 rings (SSSR count). The predicted molar refractivity (Wildman–Crippen MR) is 76.8 cm³/mol. The number of amides is 1. The zero-order valence-electron chi connectivity index (χ0n) is 11.7. The number of β-amino-alcohol motifs (C(OH)–C–C–N with tert-alkyl or cyclic N) is 1. The quantitative estimate of drug-likeness (QED) is 0.835. The highest BCUT2D eigenvalue weighted by molar-refractivity contribution is 5.94. The lowest BCUT2D eigenvalue weighted by Crippen LogP contribution is -2.38. The van der Waals surface area contributed by atoms with Crippen LogP contribution in [0, 0.1) is 0 Å². The van der Waals surface area contributed by atoms with Gasteiger partial charge in [0.1, 0.15) is 0 Å². The van der Waals surface area contributed by atoms with Crippen molar-refractivity contribution >= 4 is 5.91 Å². The van der Waals surface area contributed by atoms with Crippen molar-refractivity contribution in [3.8, 4) is 0 Å². The second-order valence-corrected chi connectivity index (χ2v) is 5.78. The number of nitrogens with one attached hydrogen (secondary N) is 1. The molecule has 108 valence electrons. The molecule has 1 amide bonds. The van der Waals surface area contributed by atoms with Crippen LogP contribution >= 0.6 is 0 Å². The summed E-state index contributed by atoms with van der Waals surface area (Å²) in [4.78, 5) is 14.4. The fourth-order valence-electron chi connectivity index (χ4n) is 3.38. The number of nitrogens with zero attached hydrogens (tertiary/aromatic N) is 2. The molecule has 1 atom stereocenters. The number of H-pyrrole nitrogens is 1. The number of hydrogen-bond donors (Lipinski definition) is 2. The zero-order valence-corrected chi connectivity index (χ0v) is 11.7. The first kappa shape index (κ1) is 12.6. The molecule has 1 aromatic carbocycles. The molecule has 0 saturated heterocycles. The van der Waals surface area contributed by atoms with Gasteiger partial charge in [0.2, 0.25) is 0 Å². The highest BCUT2D eigenvalue weighted by Gasteiger charge is 2.31. The molecule has 2 aromatic rings. The van der Waals surface area contributed by atoms with Gasteiger partial charge < -0.3 is 10.0 Å². The van der Waals surface area contributed by atoms with E-state index in [0.717, 1.165) is 41.6 Å². The normalized spacial score (nSPS) is 20.2. The van der Waals surface area contributed by atoms with Crippen LogP contribution in [0.4, 0.5) is 0 Å². The average molecular weight is 283 g/mol. The Labute approximate surface area is 122 Å². The van der Waals surface area contributed by atoms with Crippen molar-refractivity contribution in [2.24, 2.45) is 0 Å². The molecule has 1 aliphatic carbocycles. The minimum absolute atomic E-state index is 0.0806. The number of aliphatic hydroxyl groups excluding tert-OH is 1. The minimum atomic E-state index is -0.620. The van der Waals surface area contributed by atoms with E-state index >= 15 is 0 Å². The van der Waals surface area contributed by atoms with Gasteiger partial charge in [0.25, 0.3) is 5.91 Å². The SMILES string of the molecule is O=C(c1n[nH]c2c1CCC2)N1Cc2ccccc2[C@@H](O)C1. The van der Waals surface area contributed by atoms with E-state index in [2.05, 4.69) is 10.2 Å². The summed E-state index contributed by atoms with van der Waals surface area (Å²) in [6.07, 6.45) is 2.35. The largest absolute Gasteiger partial charge is 0.387 e. The molecule has 0 bridgehead atoms. The first-order valence-corrected chi connectivity index (χ1v) is 7.35. The summed E-state index contributed by atoms with van der Waals surface area (Å²) >= 11 is 0. The topological polar surface area (TPSA) is 69.2 Å². The van der Waals surface area contributed by atoms with Crippen LogP contribution in [0.3, 0.4) is 0 Å².